The summed E-state index contributed by atoms with van der Waals surface area (Å²) in [5, 5.41) is 2.78. The number of sulfonamides is 1. The van der Waals surface area contributed by atoms with E-state index < -0.39 is 16.1 Å². The number of amides is 1. The van der Waals surface area contributed by atoms with Crippen LogP contribution in [0.25, 0.3) is 0 Å². The molecule has 1 aliphatic rings. The summed E-state index contributed by atoms with van der Waals surface area (Å²) in [5.41, 5.74) is 7.07. The lowest BCUT2D eigenvalue weighted by Crippen LogP contribution is -2.37. The smallest absolute Gasteiger partial charge is 0.241 e. The van der Waals surface area contributed by atoms with Crippen LogP contribution in [0, 0.1) is 5.92 Å². The minimum atomic E-state index is -3.30. The van der Waals surface area contributed by atoms with Gasteiger partial charge in [0.1, 0.15) is 0 Å². The first kappa shape index (κ1) is 17.7. The van der Waals surface area contributed by atoms with Crippen molar-refractivity contribution in [3.63, 3.8) is 0 Å². The second kappa shape index (κ2) is 7.79. The fourth-order valence-corrected chi connectivity index (χ4v) is 3.52. The van der Waals surface area contributed by atoms with E-state index in [1.54, 1.807) is 24.3 Å². The van der Waals surface area contributed by atoms with E-state index >= 15 is 0 Å². The van der Waals surface area contributed by atoms with Crippen LogP contribution in [-0.4, -0.2) is 26.6 Å². The maximum Gasteiger partial charge on any atom is 0.241 e. The number of anilines is 2. The molecule has 4 N–H and O–H groups in total. The molecule has 2 rings (SSSR count). The van der Waals surface area contributed by atoms with Gasteiger partial charge in [-0.05, 0) is 36.6 Å². The molecule has 23 heavy (non-hydrogen) atoms. The molecular weight excluding hydrogens is 314 g/mol. The second-order valence-electron chi connectivity index (χ2n) is 6.29. The van der Waals surface area contributed by atoms with Gasteiger partial charge in [0.25, 0.3) is 0 Å². The van der Waals surface area contributed by atoms with Crippen LogP contribution in [0.3, 0.4) is 0 Å². The Bertz CT molecular complexity index is 622. The molecule has 1 aliphatic carbocycles. The second-order valence-corrected chi connectivity index (χ2v) is 8.04. The van der Waals surface area contributed by atoms with E-state index in [0.29, 0.717) is 17.3 Å². The molecule has 0 spiro atoms. The van der Waals surface area contributed by atoms with Gasteiger partial charge in [-0.15, -0.1) is 0 Å². The number of hydrogen-bond donors (Lipinski definition) is 3. The zero-order valence-corrected chi connectivity index (χ0v) is 14.2. The lowest BCUT2D eigenvalue weighted by atomic mass is 9.85. The van der Waals surface area contributed by atoms with Crippen molar-refractivity contribution in [1.82, 2.24) is 0 Å². The number of nitrogens with two attached hydrogens (primary N) is 1. The summed E-state index contributed by atoms with van der Waals surface area (Å²) < 4.78 is 24.7. The first-order chi connectivity index (χ1) is 10.8. The summed E-state index contributed by atoms with van der Waals surface area (Å²) in [4.78, 5) is 12.2. The average molecular weight is 339 g/mol. The molecule has 1 saturated carbocycles. The van der Waals surface area contributed by atoms with Crippen molar-refractivity contribution in [2.24, 2.45) is 11.7 Å². The van der Waals surface area contributed by atoms with Gasteiger partial charge in [0, 0.05) is 11.4 Å². The Labute approximate surface area is 137 Å². The summed E-state index contributed by atoms with van der Waals surface area (Å²) >= 11 is 0. The van der Waals surface area contributed by atoms with Crippen molar-refractivity contribution in [3.05, 3.63) is 24.3 Å². The van der Waals surface area contributed by atoms with Crippen LogP contribution in [0.4, 0.5) is 11.4 Å². The van der Waals surface area contributed by atoms with Gasteiger partial charge >= 0.3 is 0 Å². The van der Waals surface area contributed by atoms with Crippen LogP contribution in [0.5, 0.6) is 0 Å². The number of nitrogens with one attached hydrogen (secondary N) is 2. The number of benzene rings is 1. The molecule has 1 amide bonds. The number of hydrogen-bond acceptors (Lipinski definition) is 4. The van der Waals surface area contributed by atoms with Crippen molar-refractivity contribution in [1.29, 1.82) is 0 Å². The van der Waals surface area contributed by atoms with E-state index in [1.165, 1.54) is 19.3 Å². The van der Waals surface area contributed by atoms with Crippen LogP contribution >= 0.6 is 0 Å². The Morgan fingerprint density at radius 1 is 1.17 bits per heavy atom. The molecule has 7 heteroatoms. The van der Waals surface area contributed by atoms with Crippen molar-refractivity contribution < 1.29 is 13.2 Å². The number of carbonyl (C=O) groups excluding carboxylic acids is 1. The molecule has 6 nitrogen and oxygen atoms in total. The maximum atomic E-state index is 12.2. The van der Waals surface area contributed by atoms with E-state index in [2.05, 4.69) is 10.0 Å². The van der Waals surface area contributed by atoms with Crippen LogP contribution in [-0.2, 0) is 14.8 Å². The molecule has 128 valence electrons. The molecule has 1 aromatic carbocycles. The number of rotatable bonds is 6. The molecule has 0 aromatic heterocycles. The van der Waals surface area contributed by atoms with E-state index in [0.717, 1.165) is 25.5 Å². The highest BCUT2D eigenvalue weighted by molar-refractivity contribution is 7.92. The molecule has 1 aromatic rings. The van der Waals surface area contributed by atoms with Gasteiger partial charge in [0.15, 0.2) is 0 Å². The van der Waals surface area contributed by atoms with Crippen LogP contribution < -0.4 is 15.8 Å². The standard InChI is InChI=1S/C16H25N3O3S/c1-23(21,22)19-14-9-7-13(8-10-14)18-16(20)15(17)11-12-5-3-2-4-6-12/h7-10,12,15,19H,2-6,11,17H2,1H3,(H,18,20). The zero-order valence-electron chi connectivity index (χ0n) is 13.4. The fourth-order valence-electron chi connectivity index (χ4n) is 2.96. The SMILES string of the molecule is CS(=O)(=O)Nc1ccc(NC(=O)C(N)CC2CCCCC2)cc1. The highest BCUT2D eigenvalue weighted by Crippen LogP contribution is 2.27. The molecule has 0 aliphatic heterocycles. The van der Waals surface area contributed by atoms with E-state index in [-0.39, 0.29) is 5.91 Å². The van der Waals surface area contributed by atoms with Crippen molar-refractivity contribution in [2.75, 3.05) is 16.3 Å². The topological polar surface area (TPSA) is 101 Å². The quantitative estimate of drug-likeness (QED) is 0.740. The Hall–Kier alpha value is -1.60. The van der Waals surface area contributed by atoms with E-state index in [9.17, 15) is 13.2 Å². The van der Waals surface area contributed by atoms with Crippen LogP contribution in [0.15, 0.2) is 24.3 Å². The monoisotopic (exact) mass is 339 g/mol. The third-order valence-corrected chi connectivity index (χ3v) is 4.71. The molecule has 0 heterocycles. The van der Waals surface area contributed by atoms with Gasteiger partial charge in [0.2, 0.25) is 15.9 Å². The van der Waals surface area contributed by atoms with E-state index in [1.807, 2.05) is 0 Å². The summed E-state index contributed by atoms with van der Waals surface area (Å²) in [6.07, 6.45) is 7.87. The molecule has 1 atom stereocenters. The third kappa shape index (κ3) is 6.19. The molecule has 1 unspecified atom stereocenters. The van der Waals surface area contributed by atoms with Crippen molar-refractivity contribution in [3.8, 4) is 0 Å². The van der Waals surface area contributed by atoms with Gasteiger partial charge in [-0.1, -0.05) is 32.1 Å². The molecule has 0 bridgehead atoms. The van der Waals surface area contributed by atoms with Gasteiger partial charge in [-0.2, -0.15) is 0 Å². The number of carbonyl (C=O) groups is 1. The van der Waals surface area contributed by atoms with Crippen LogP contribution in [0.2, 0.25) is 0 Å². The Kier molecular flexibility index (Phi) is 6.01. The first-order valence-corrected chi connectivity index (χ1v) is 9.87. The highest BCUT2D eigenvalue weighted by atomic mass is 32.2. The Balaban J connectivity index is 1.86. The van der Waals surface area contributed by atoms with Crippen molar-refractivity contribution in [2.45, 2.75) is 44.6 Å². The summed E-state index contributed by atoms with van der Waals surface area (Å²) in [7, 11) is -3.30. The van der Waals surface area contributed by atoms with Crippen molar-refractivity contribution >= 4 is 27.3 Å². The van der Waals surface area contributed by atoms with Crippen LogP contribution in [0.1, 0.15) is 38.5 Å². The highest BCUT2D eigenvalue weighted by Gasteiger charge is 2.21. The Morgan fingerprint density at radius 2 is 1.74 bits per heavy atom. The molecule has 0 radical (unpaired) electrons. The normalized spacial score (nSPS) is 17.5. The summed E-state index contributed by atoms with van der Waals surface area (Å²) in [6.45, 7) is 0. The average Bonchev–Trinajstić information content (AvgIpc) is 2.48. The van der Waals surface area contributed by atoms with E-state index in [4.69, 9.17) is 5.73 Å². The van der Waals surface area contributed by atoms with Gasteiger partial charge in [-0.3, -0.25) is 9.52 Å². The molecule has 0 saturated heterocycles. The zero-order chi connectivity index (χ0) is 16.9. The minimum absolute atomic E-state index is 0.195. The maximum absolute atomic E-state index is 12.2. The fraction of sp³-hybridized carbons (Fsp3) is 0.562. The van der Waals surface area contributed by atoms with Gasteiger partial charge in [-0.25, -0.2) is 8.42 Å². The first-order valence-electron chi connectivity index (χ1n) is 7.98. The Morgan fingerprint density at radius 3 is 2.30 bits per heavy atom. The largest absolute Gasteiger partial charge is 0.325 e. The summed E-state index contributed by atoms with van der Waals surface area (Å²) in [5.74, 6) is 0.352. The predicted octanol–water partition coefficient (Wildman–Crippen LogP) is 2.29. The van der Waals surface area contributed by atoms with Gasteiger partial charge < -0.3 is 11.1 Å². The summed E-state index contributed by atoms with van der Waals surface area (Å²) in [6, 6.07) is 6.00. The molecule has 1 fully saturated rings. The predicted molar refractivity (Wildman–Crippen MR) is 92.7 cm³/mol. The lowest BCUT2D eigenvalue weighted by molar-refractivity contribution is -0.117. The third-order valence-electron chi connectivity index (χ3n) is 4.10. The lowest BCUT2D eigenvalue weighted by Gasteiger charge is -2.24. The van der Waals surface area contributed by atoms with Gasteiger partial charge in [0.05, 0.1) is 12.3 Å². The molecular formula is C16H25N3O3S. The minimum Gasteiger partial charge on any atom is -0.325 e.